The first-order valence-electron chi connectivity index (χ1n) is 5.67. The van der Waals surface area contributed by atoms with Gasteiger partial charge in [0.2, 0.25) is 0 Å². The Hall–Kier alpha value is -1.71. The summed E-state index contributed by atoms with van der Waals surface area (Å²) in [6.45, 7) is 0. The molecule has 0 saturated heterocycles. The van der Waals surface area contributed by atoms with Crippen LogP contribution in [0.25, 0.3) is 5.65 Å². The molecule has 0 aromatic carbocycles. The van der Waals surface area contributed by atoms with Crippen LogP contribution in [0.15, 0.2) is 18.6 Å². The molecule has 1 aliphatic rings. The van der Waals surface area contributed by atoms with Crippen LogP contribution in [-0.2, 0) is 0 Å². The molecule has 0 aliphatic heterocycles. The molecule has 0 atom stereocenters. The predicted octanol–water partition coefficient (Wildman–Crippen LogP) is 2.20. The molecule has 4 nitrogen and oxygen atoms in total. The minimum Gasteiger partial charge on any atom is -0.298 e. The van der Waals surface area contributed by atoms with Crippen LogP contribution in [-0.4, -0.2) is 20.9 Å². The van der Waals surface area contributed by atoms with Gasteiger partial charge >= 0.3 is 0 Å². The SMILES string of the molecule is O=Cc1cnn2cc(C3CCCC3)cnc12. The summed E-state index contributed by atoms with van der Waals surface area (Å²) in [6.07, 6.45) is 11.4. The number of carbonyl (C=O) groups is 1. The molecule has 1 fully saturated rings. The third kappa shape index (κ3) is 1.41. The summed E-state index contributed by atoms with van der Waals surface area (Å²) < 4.78 is 1.71. The molecule has 4 heteroatoms. The minimum atomic E-state index is 0.554. The topological polar surface area (TPSA) is 47.3 Å². The monoisotopic (exact) mass is 215 g/mol. The van der Waals surface area contributed by atoms with E-state index in [-0.39, 0.29) is 0 Å². The van der Waals surface area contributed by atoms with Crippen molar-refractivity contribution in [3.63, 3.8) is 0 Å². The first-order valence-corrected chi connectivity index (χ1v) is 5.67. The lowest BCUT2D eigenvalue weighted by Gasteiger charge is -2.08. The van der Waals surface area contributed by atoms with E-state index in [0.717, 1.165) is 6.29 Å². The predicted molar refractivity (Wildman–Crippen MR) is 59.6 cm³/mol. The van der Waals surface area contributed by atoms with Gasteiger partial charge in [-0.1, -0.05) is 12.8 Å². The highest BCUT2D eigenvalue weighted by atomic mass is 16.1. The smallest absolute Gasteiger partial charge is 0.165 e. The summed E-state index contributed by atoms with van der Waals surface area (Å²) >= 11 is 0. The zero-order chi connectivity index (χ0) is 11.0. The Balaban J connectivity index is 2.05. The van der Waals surface area contributed by atoms with E-state index in [4.69, 9.17) is 0 Å². The average molecular weight is 215 g/mol. The van der Waals surface area contributed by atoms with Crippen molar-refractivity contribution in [1.82, 2.24) is 14.6 Å². The minimum absolute atomic E-state index is 0.554. The first-order chi connectivity index (χ1) is 7.88. The molecule has 0 bridgehead atoms. The molecule has 0 N–H and O–H groups in total. The number of carbonyl (C=O) groups excluding carboxylic acids is 1. The van der Waals surface area contributed by atoms with E-state index < -0.39 is 0 Å². The third-order valence-corrected chi connectivity index (χ3v) is 3.36. The van der Waals surface area contributed by atoms with Crippen molar-refractivity contribution in [1.29, 1.82) is 0 Å². The maximum atomic E-state index is 10.7. The highest BCUT2D eigenvalue weighted by Crippen LogP contribution is 2.33. The fourth-order valence-corrected chi connectivity index (χ4v) is 2.46. The number of fused-ring (bicyclic) bond motifs is 1. The number of hydrogen-bond acceptors (Lipinski definition) is 3. The third-order valence-electron chi connectivity index (χ3n) is 3.36. The van der Waals surface area contributed by atoms with E-state index >= 15 is 0 Å². The lowest BCUT2D eigenvalue weighted by molar-refractivity contribution is 0.112. The lowest BCUT2D eigenvalue weighted by atomic mass is 10.0. The molecular weight excluding hydrogens is 202 g/mol. The first kappa shape index (κ1) is 9.51. The van der Waals surface area contributed by atoms with Crippen LogP contribution >= 0.6 is 0 Å². The Morgan fingerprint density at radius 2 is 2.12 bits per heavy atom. The van der Waals surface area contributed by atoms with Crippen molar-refractivity contribution >= 4 is 11.9 Å². The van der Waals surface area contributed by atoms with E-state index in [1.165, 1.54) is 31.2 Å². The molecule has 2 heterocycles. The Morgan fingerprint density at radius 1 is 1.31 bits per heavy atom. The molecule has 0 spiro atoms. The number of nitrogens with zero attached hydrogens (tertiary/aromatic N) is 3. The van der Waals surface area contributed by atoms with E-state index in [2.05, 4.69) is 10.1 Å². The fraction of sp³-hybridized carbons (Fsp3) is 0.417. The van der Waals surface area contributed by atoms with Gasteiger partial charge in [0.05, 0.1) is 11.8 Å². The second-order valence-electron chi connectivity index (χ2n) is 4.35. The van der Waals surface area contributed by atoms with Gasteiger partial charge in [0.1, 0.15) is 0 Å². The quantitative estimate of drug-likeness (QED) is 0.721. The summed E-state index contributed by atoms with van der Waals surface area (Å²) in [5.41, 5.74) is 2.44. The molecule has 16 heavy (non-hydrogen) atoms. The summed E-state index contributed by atoms with van der Waals surface area (Å²) in [5, 5.41) is 4.14. The molecule has 2 aromatic heterocycles. The Morgan fingerprint density at radius 3 is 2.88 bits per heavy atom. The zero-order valence-corrected chi connectivity index (χ0v) is 8.97. The molecule has 0 radical (unpaired) electrons. The highest BCUT2D eigenvalue weighted by Gasteiger charge is 2.18. The summed E-state index contributed by atoms with van der Waals surface area (Å²) in [5.74, 6) is 0.626. The standard InChI is InChI=1S/C12H13N3O/c16-8-11-6-14-15-7-10(5-13-12(11)15)9-3-1-2-4-9/h5-9H,1-4H2. The summed E-state index contributed by atoms with van der Waals surface area (Å²) in [4.78, 5) is 15.1. The molecule has 1 aliphatic carbocycles. The van der Waals surface area contributed by atoms with Crippen molar-refractivity contribution < 1.29 is 4.79 Å². The normalized spacial score (nSPS) is 17.0. The maximum Gasteiger partial charge on any atom is 0.165 e. The van der Waals surface area contributed by atoms with Crippen LogP contribution < -0.4 is 0 Å². The van der Waals surface area contributed by atoms with Gasteiger partial charge in [-0.25, -0.2) is 9.50 Å². The van der Waals surface area contributed by atoms with Crippen molar-refractivity contribution in [2.45, 2.75) is 31.6 Å². The average Bonchev–Trinajstić information content (AvgIpc) is 2.97. The van der Waals surface area contributed by atoms with Crippen LogP contribution in [0.5, 0.6) is 0 Å². The Bertz CT molecular complexity index is 526. The Labute approximate surface area is 93.3 Å². The van der Waals surface area contributed by atoms with Gasteiger partial charge in [0.15, 0.2) is 11.9 Å². The second-order valence-corrected chi connectivity index (χ2v) is 4.35. The number of rotatable bonds is 2. The molecule has 3 rings (SSSR count). The molecule has 1 saturated carbocycles. The molecule has 0 amide bonds. The van der Waals surface area contributed by atoms with Gasteiger partial charge in [-0.15, -0.1) is 0 Å². The van der Waals surface area contributed by atoms with E-state index in [1.54, 1.807) is 10.7 Å². The number of hydrogen-bond donors (Lipinski definition) is 0. The number of aromatic nitrogens is 3. The van der Waals surface area contributed by atoms with Crippen LogP contribution in [0.3, 0.4) is 0 Å². The van der Waals surface area contributed by atoms with Gasteiger partial charge < -0.3 is 0 Å². The molecule has 82 valence electrons. The van der Waals surface area contributed by atoms with E-state index in [9.17, 15) is 4.79 Å². The van der Waals surface area contributed by atoms with Crippen LogP contribution in [0, 0.1) is 0 Å². The van der Waals surface area contributed by atoms with Gasteiger partial charge in [0.25, 0.3) is 0 Å². The largest absolute Gasteiger partial charge is 0.298 e. The van der Waals surface area contributed by atoms with Gasteiger partial charge in [-0.2, -0.15) is 5.10 Å². The molecule has 2 aromatic rings. The van der Waals surface area contributed by atoms with E-state index in [1.807, 2.05) is 12.4 Å². The van der Waals surface area contributed by atoms with Gasteiger partial charge in [0, 0.05) is 12.4 Å². The maximum absolute atomic E-state index is 10.7. The van der Waals surface area contributed by atoms with Crippen LogP contribution in [0.4, 0.5) is 0 Å². The van der Waals surface area contributed by atoms with Gasteiger partial charge in [-0.3, -0.25) is 4.79 Å². The zero-order valence-electron chi connectivity index (χ0n) is 8.97. The number of aldehydes is 1. The fourth-order valence-electron chi connectivity index (χ4n) is 2.46. The van der Waals surface area contributed by atoms with Crippen molar-refractivity contribution in [2.75, 3.05) is 0 Å². The van der Waals surface area contributed by atoms with E-state index in [0.29, 0.717) is 17.1 Å². The Kier molecular flexibility index (Phi) is 2.20. The molecular formula is C12H13N3O. The molecule has 0 unspecified atom stereocenters. The van der Waals surface area contributed by atoms with Crippen LogP contribution in [0.2, 0.25) is 0 Å². The lowest BCUT2D eigenvalue weighted by Crippen LogP contribution is -1.99. The van der Waals surface area contributed by atoms with Crippen molar-refractivity contribution in [2.24, 2.45) is 0 Å². The highest BCUT2D eigenvalue weighted by molar-refractivity contribution is 5.83. The summed E-state index contributed by atoms with van der Waals surface area (Å²) in [7, 11) is 0. The van der Waals surface area contributed by atoms with Crippen LogP contribution in [0.1, 0.15) is 47.5 Å². The van der Waals surface area contributed by atoms with Gasteiger partial charge in [-0.05, 0) is 24.3 Å². The second kappa shape index (κ2) is 3.70. The summed E-state index contributed by atoms with van der Waals surface area (Å²) in [6, 6.07) is 0. The van der Waals surface area contributed by atoms with Crippen molar-refractivity contribution in [3.8, 4) is 0 Å². The van der Waals surface area contributed by atoms with Crippen molar-refractivity contribution in [3.05, 3.63) is 29.7 Å².